The van der Waals surface area contributed by atoms with Crippen LogP contribution in [0.4, 0.5) is 13.2 Å². The number of hydrogen-bond acceptors (Lipinski definition) is 4. The van der Waals surface area contributed by atoms with Crippen molar-refractivity contribution in [3.8, 4) is 11.5 Å². The molecule has 4 rings (SSSR count). The number of methoxy groups -OCH3 is 1. The SMILES string of the molecule is COc1ccc(C(=O)N2CCN(Cc3cccc(C(F)(F)F)c3)CC2)cc1COc1cc(C)ccc1C. The molecular weight excluding hydrogens is 481 g/mol. The molecule has 0 aliphatic carbocycles. The summed E-state index contributed by atoms with van der Waals surface area (Å²) >= 11 is 0. The van der Waals surface area contributed by atoms with Crippen LogP contribution in [-0.2, 0) is 19.3 Å². The largest absolute Gasteiger partial charge is 0.496 e. The van der Waals surface area contributed by atoms with Crippen LogP contribution in [0.25, 0.3) is 0 Å². The monoisotopic (exact) mass is 512 g/mol. The fourth-order valence-corrected chi connectivity index (χ4v) is 4.44. The van der Waals surface area contributed by atoms with Crippen LogP contribution < -0.4 is 9.47 Å². The molecule has 37 heavy (non-hydrogen) atoms. The number of benzene rings is 3. The van der Waals surface area contributed by atoms with E-state index < -0.39 is 11.7 Å². The Kier molecular flexibility index (Phi) is 8.07. The van der Waals surface area contributed by atoms with Crippen LogP contribution in [0.2, 0.25) is 0 Å². The summed E-state index contributed by atoms with van der Waals surface area (Å²) in [5.41, 5.74) is 3.42. The number of alkyl halides is 3. The molecule has 0 N–H and O–H groups in total. The van der Waals surface area contributed by atoms with Gasteiger partial charge < -0.3 is 14.4 Å². The zero-order chi connectivity index (χ0) is 26.6. The fraction of sp³-hybridized carbons (Fsp3) is 0.345. The van der Waals surface area contributed by atoms with Crippen molar-refractivity contribution in [2.24, 2.45) is 0 Å². The van der Waals surface area contributed by atoms with Gasteiger partial charge in [0.25, 0.3) is 5.91 Å². The van der Waals surface area contributed by atoms with Crippen LogP contribution >= 0.6 is 0 Å². The van der Waals surface area contributed by atoms with Crippen molar-refractivity contribution in [3.05, 3.63) is 94.0 Å². The van der Waals surface area contributed by atoms with Gasteiger partial charge in [0, 0.05) is 43.9 Å². The maximum Gasteiger partial charge on any atom is 0.416 e. The Bertz CT molecular complexity index is 1250. The number of nitrogens with zero attached hydrogens (tertiary/aromatic N) is 2. The van der Waals surface area contributed by atoms with E-state index >= 15 is 0 Å². The third-order valence-corrected chi connectivity index (χ3v) is 6.57. The van der Waals surface area contributed by atoms with Crippen molar-refractivity contribution in [1.29, 1.82) is 0 Å². The minimum atomic E-state index is -4.36. The molecule has 0 spiro atoms. The van der Waals surface area contributed by atoms with Crippen molar-refractivity contribution >= 4 is 5.91 Å². The van der Waals surface area contributed by atoms with Gasteiger partial charge in [-0.15, -0.1) is 0 Å². The number of aryl methyl sites for hydroxylation is 2. The average Bonchev–Trinajstić information content (AvgIpc) is 2.88. The lowest BCUT2D eigenvalue weighted by atomic mass is 10.1. The van der Waals surface area contributed by atoms with Gasteiger partial charge in [0.05, 0.1) is 12.7 Å². The molecule has 0 atom stereocenters. The highest BCUT2D eigenvalue weighted by molar-refractivity contribution is 5.94. The lowest BCUT2D eigenvalue weighted by Crippen LogP contribution is -2.48. The van der Waals surface area contributed by atoms with E-state index in [1.165, 1.54) is 12.1 Å². The van der Waals surface area contributed by atoms with E-state index in [0.717, 1.165) is 28.5 Å². The number of halogens is 3. The minimum absolute atomic E-state index is 0.0886. The van der Waals surface area contributed by atoms with Gasteiger partial charge >= 0.3 is 6.18 Å². The van der Waals surface area contributed by atoms with E-state index in [2.05, 4.69) is 4.90 Å². The van der Waals surface area contributed by atoms with Gasteiger partial charge in [-0.25, -0.2) is 0 Å². The summed E-state index contributed by atoms with van der Waals surface area (Å²) in [6.07, 6.45) is -4.36. The second-order valence-electron chi connectivity index (χ2n) is 9.35. The second-order valence-corrected chi connectivity index (χ2v) is 9.35. The van der Waals surface area contributed by atoms with Crippen LogP contribution in [-0.4, -0.2) is 49.0 Å². The standard InChI is InChI=1S/C29H31F3N2O3/c1-20-7-8-21(2)27(15-20)37-19-24-17-23(9-10-26(24)36-3)28(35)34-13-11-33(12-14-34)18-22-5-4-6-25(16-22)29(30,31)32/h4-10,15-17H,11-14,18-19H2,1-3H3. The van der Waals surface area contributed by atoms with E-state index in [1.54, 1.807) is 36.3 Å². The maximum atomic E-state index is 13.2. The molecule has 1 heterocycles. The minimum Gasteiger partial charge on any atom is -0.496 e. The number of carbonyl (C=O) groups is 1. The fourth-order valence-electron chi connectivity index (χ4n) is 4.44. The van der Waals surface area contributed by atoms with E-state index in [4.69, 9.17) is 9.47 Å². The molecule has 0 unspecified atom stereocenters. The number of carbonyl (C=O) groups excluding carboxylic acids is 1. The van der Waals surface area contributed by atoms with Crippen LogP contribution in [0, 0.1) is 13.8 Å². The first kappa shape index (κ1) is 26.5. The lowest BCUT2D eigenvalue weighted by Gasteiger charge is -2.35. The second kappa shape index (κ2) is 11.3. The third kappa shape index (κ3) is 6.63. The summed E-state index contributed by atoms with van der Waals surface area (Å²) in [6, 6.07) is 16.8. The van der Waals surface area contributed by atoms with Gasteiger partial charge in [-0.05, 0) is 60.9 Å². The first-order valence-corrected chi connectivity index (χ1v) is 12.2. The molecule has 0 radical (unpaired) electrons. The smallest absolute Gasteiger partial charge is 0.416 e. The highest BCUT2D eigenvalue weighted by Gasteiger charge is 2.30. The molecule has 1 aliphatic rings. The van der Waals surface area contributed by atoms with Gasteiger partial charge in [-0.2, -0.15) is 13.2 Å². The Morgan fingerprint density at radius 3 is 2.38 bits per heavy atom. The Labute approximate surface area is 215 Å². The molecule has 1 amide bonds. The molecular formula is C29H31F3N2O3. The lowest BCUT2D eigenvalue weighted by molar-refractivity contribution is -0.137. The predicted molar refractivity (Wildman–Crippen MR) is 136 cm³/mol. The normalized spacial score (nSPS) is 14.5. The number of rotatable bonds is 7. The molecule has 196 valence electrons. The average molecular weight is 513 g/mol. The van der Waals surface area contributed by atoms with E-state index in [9.17, 15) is 18.0 Å². The van der Waals surface area contributed by atoms with Crippen molar-refractivity contribution in [3.63, 3.8) is 0 Å². The van der Waals surface area contributed by atoms with Crippen molar-refractivity contribution in [2.45, 2.75) is 33.2 Å². The molecule has 0 saturated carbocycles. The number of hydrogen-bond donors (Lipinski definition) is 0. The van der Waals surface area contributed by atoms with Crippen LogP contribution in [0.1, 0.15) is 38.2 Å². The van der Waals surface area contributed by atoms with Gasteiger partial charge in [-0.1, -0.05) is 30.3 Å². The third-order valence-electron chi connectivity index (χ3n) is 6.57. The van der Waals surface area contributed by atoms with E-state index in [1.807, 2.05) is 32.0 Å². The molecule has 1 fully saturated rings. The first-order valence-electron chi connectivity index (χ1n) is 12.2. The van der Waals surface area contributed by atoms with E-state index in [0.29, 0.717) is 49.6 Å². The van der Waals surface area contributed by atoms with Crippen LogP contribution in [0.3, 0.4) is 0 Å². The maximum absolute atomic E-state index is 13.2. The summed E-state index contributed by atoms with van der Waals surface area (Å²) in [5.74, 6) is 1.35. The van der Waals surface area contributed by atoms with E-state index in [-0.39, 0.29) is 12.5 Å². The van der Waals surface area contributed by atoms with Gasteiger partial charge in [-0.3, -0.25) is 9.69 Å². The number of piperazine rings is 1. The molecule has 5 nitrogen and oxygen atoms in total. The summed E-state index contributed by atoms with van der Waals surface area (Å²) in [5, 5.41) is 0. The van der Waals surface area contributed by atoms with Crippen molar-refractivity contribution in [2.75, 3.05) is 33.3 Å². The van der Waals surface area contributed by atoms with Crippen molar-refractivity contribution < 1.29 is 27.4 Å². The summed E-state index contributed by atoms with van der Waals surface area (Å²) in [4.78, 5) is 17.1. The highest BCUT2D eigenvalue weighted by Crippen LogP contribution is 2.30. The number of amides is 1. The molecule has 3 aromatic carbocycles. The quantitative estimate of drug-likeness (QED) is 0.397. The molecule has 8 heteroatoms. The Morgan fingerprint density at radius 2 is 1.68 bits per heavy atom. The van der Waals surface area contributed by atoms with Crippen LogP contribution in [0.15, 0.2) is 60.7 Å². The Morgan fingerprint density at radius 1 is 0.919 bits per heavy atom. The highest BCUT2D eigenvalue weighted by atomic mass is 19.4. The van der Waals surface area contributed by atoms with Gasteiger partial charge in [0.2, 0.25) is 0 Å². The zero-order valence-electron chi connectivity index (χ0n) is 21.3. The summed E-state index contributed by atoms with van der Waals surface area (Å²) < 4.78 is 50.6. The molecule has 0 bridgehead atoms. The Hall–Kier alpha value is -3.52. The van der Waals surface area contributed by atoms with Gasteiger partial charge in [0.1, 0.15) is 18.1 Å². The summed E-state index contributed by atoms with van der Waals surface area (Å²) in [7, 11) is 1.59. The molecule has 0 aromatic heterocycles. The Balaban J connectivity index is 1.38. The van der Waals surface area contributed by atoms with Gasteiger partial charge in [0.15, 0.2) is 0 Å². The molecule has 3 aromatic rings. The van der Waals surface area contributed by atoms with Crippen LogP contribution in [0.5, 0.6) is 11.5 Å². The van der Waals surface area contributed by atoms with Crippen molar-refractivity contribution in [1.82, 2.24) is 9.80 Å². The predicted octanol–water partition coefficient (Wildman–Crippen LogP) is 5.87. The molecule has 1 saturated heterocycles. The topological polar surface area (TPSA) is 42.0 Å². The molecule has 1 aliphatic heterocycles. The number of ether oxygens (including phenoxy) is 2. The summed E-state index contributed by atoms with van der Waals surface area (Å²) in [6.45, 7) is 6.83. The first-order chi connectivity index (χ1) is 17.6. The zero-order valence-corrected chi connectivity index (χ0v) is 21.3.